The maximum Gasteiger partial charge on any atom is 0.258 e. The van der Waals surface area contributed by atoms with Crippen LogP contribution in [-0.4, -0.2) is 38.5 Å². The van der Waals surface area contributed by atoms with Gasteiger partial charge in [-0.1, -0.05) is 67.1 Å². The number of allylic oxidation sites excluding steroid dienone is 2. The molecule has 1 saturated carbocycles. The van der Waals surface area contributed by atoms with Gasteiger partial charge in [-0.3, -0.25) is 24.1 Å². The Labute approximate surface area is 302 Å². The first-order chi connectivity index (χ1) is 24.7. The number of aromatic hydroxyl groups is 1. The summed E-state index contributed by atoms with van der Waals surface area (Å²) in [5.74, 6) is -21.9. The van der Waals surface area contributed by atoms with Gasteiger partial charge in [-0.2, -0.15) is 0 Å². The molecular formula is C38H25Cl2F5N2O5. The van der Waals surface area contributed by atoms with Crippen molar-refractivity contribution in [1.82, 2.24) is 0 Å². The number of rotatable bonds is 4. The van der Waals surface area contributed by atoms with Gasteiger partial charge in [0.15, 0.2) is 33.0 Å². The molecule has 0 aromatic heterocycles. The third-order valence-corrected chi connectivity index (χ3v) is 12.5. The molecule has 2 aliphatic heterocycles. The summed E-state index contributed by atoms with van der Waals surface area (Å²) in [5, 5.41) is 12.6. The molecule has 8 rings (SSSR count). The van der Waals surface area contributed by atoms with Crippen LogP contribution in [0.3, 0.4) is 0 Å². The van der Waals surface area contributed by atoms with Crippen molar-refractivity contribution < 1.29 is 46.2 Å². The number of fused-ring (bicyclic) bond motifs is 5. The summed E-state index contributed by atoms with van der Waals surface area (Å²) >= 11 is 14.4. The van der Waals surface area contributed by atoms with E-state index in [0.717, 1.165) is 10.5 Å². The largest absolute Gasteiger partial charge is 0.507 e. The zero-order chi connectivity index (χ0) is 37.2. The minimum absolute atomic E-state index is 0.0266. The maximum absolute atomic E-state index is 15.3. The van der Waals surface area contributed by atoms with Gasteiger partial charge >= 0.3 is 0 Å². The molecule has 3 fully saturated rings. The van der Waals surface area contributed by atoms with E-state index in [1.54, 1.807) is 60.7 Å². The van der Waals surface area contributed by atoms with Crippen LogP contribution in [0.4, 0.5) is 33.3 Å². The average Bonchev–Trinajstić information content (AvgIpc) is 3.48. The van der Waals surface area contributed by atoms with Crippen LogP contribution in [0.2, 0.25) is 0 Å². The highest BCUT2D eigenvalue weighted by molar-refractivity contribution is 6.58. The summed E-state index contributed by atoms with van der Waals surface area (Å²) in [6.45, 7) is 1.94. The molecule has 4 aromatic carbocycles. The summed E-state index contributed by atoms with van der Waals surface area (Å²) in [6, 6.07) is 16.4. The van der Waals surface area contributed by atoms with E-state index in [9.17, 15) is 37.5 Å². The molecule has 4 aliphatic rings. The second kappa shape index (κ2) is 11.6. The van der Waals surface area contributed by atoms with Gasteiger partial charge in [-0.15, -0.1) is 23.2 Å². The van der Waals surface area contributed by atoms with E-state index in [-0.39, 0.29) is 22.5 Å². The number of halogens is 7. The Morgan fingerprint density at radius 2 is 1.40 bits per heavy atom. The summed E-state index contributed by atoms with van der Waals surface area (Å²) in [6.07, 6.45) is 1.62. The van der Waals surface area contributed by atoms with Gasteiger partial charge in [-0.25, -0.2) is 26.9 Å². The number of aryl methyl sites for hydroxylation is 1. The van der Waals surface area contributed by atoms with E-state index in [4.69, 9.17) is 23.2 Å². The molecule has 52 heavy (non-hydrogen) atoms. The molecule has 0 spiro atoms. The predicted octanol–water partition coefficient (Wildman–Crippen LogP) is 7.57. The number of anilines is 2. The van der Waals surface area contributed by atoms with Crippen molar-refractivity contribution in [2.75, 3.05) is 9.80 Å². The Hall–Kier alpha value is -4.81. The highest BCUT2D eigenvalue weighted by Gasteiger charge is 2.77. The Morgan fingerprint density at radius 3 is 2.06 bits per heavy atom. The number of hydrogen-bond donors (Lipinski definition) is 1. The Morgan fingerprint density at radius 1 is 0.769 bits per heavy atom. The van der Waals surface area contributed by atoms with Crippen LogP contribution in [0, 0.1) is 46.8 Å². The Kier molecular flexibility index (Phi) is 7.65. The van der Waals surface area contributed by atoms with Crippen molar-refractivity contribution in [2.45, 2.75) is 41.9 Å². The quantitative estimate of drug-likeness (QED) is 0.0580. The molecule has 14 heteroatoms. The minimum atomic E-state index is -2.75. The summed E-state index contributed by atoms with van der Waals surface area (Å²) in [4.78, 5) is 52.5. The topological polar surface area (TPSA) is 95.0 Å². The van der Waals surface area contributed by atoms with Gasteiger partial charge in [-0.05, 0) is 48.3 Å². The first kappa shape index (κ1) is 34.3. The van der Waals surface area contributed by atoms with Crippen molar-refractivity contribution in [3.8, 4) is 5.75 Å². The number of nitrogens with zero attached hydrogens (tertiary/aromatic N) is 2. The minimum Gasteiger partial charge on any atom is -0.507 e. The van der Waals surface area contributed by atoms with E-state index in [2.05, 4.69) is 0 Å². The van der Waals surface area contributed by atoms with Gasteiger partial charge in [0.05, 0.1) is 17.5 Å². The van der Waals surface area contributed by atoms with Crippen LogP contribution >= 0.6 is 23.2 Å². The zero-order valence-corrected chi connectivity index (χ0v) is 28.4. The molecule has 2 heterocycles. The Bertz CT molecular complexity index is 2310. The lowest BCUT2D eigenvalue weighted by Gasteiger charge is -2.50. The van der Waals surface area contributed by atoms with Crippen LogP contribution in [0.5, 0.6) is 5.75 Å². The fourth-order valence-electron chi connectivity index (χ4n) is 8.55. The van der Waals surface area contributed by atoms with E-state index < -0.39 is 104 Å². The normalized spacial score (nSPS) is 28.3. The first-order valence-electron chi connectivity index (χ1n) is 16.3. The molecule has 0 unspecified atom stereocenters. The number of carbonyl (C=O) groups excluding carboxylic acids is 4. The van der Waals surface area contributed by atoms with Crippen molar-refractivity contribution in [2.24, 2.45) is 17.8 Å². The van der Waals surface area contributed by atoms with Crippen LogP contribution in [0.1, 0.15) is 36.8 Å². The monoisotopic (exact) mass is 754 g/mol. The van der Waals surface area contributed by atoms with Crippen molar-refractivity contribution in [3.05, 3.63) is 113 Å². The van der Waals surface area contributed by atoms with E-state index in [0.29, 0.717) is 22.9 Å². The lowest BCUT2D eigenvalue weighted by Crippen LogP contribution is -2.60. The number of benzene rings is 4. The molecular weight excluding hydrogens is 730 g/mol. The number of phenolic OH excluding ortho intramolecular Hbond substituents is 1. The van der Waals surface area contributed by atoms with Gasteiger partial charge < -0.3 is 5.11 Å². The smallest absolute Gasteiger partial charge is 0.258 e. The first-order valence-corrected chi connectivity index (χ1v) is 17.1. The third kappa shape index (κ3) is 4.24. The van der Waals surface area contributed by atoms with E-state index in [1.165, 1.54) is 6.07 Å². The zero-order valence-electron chi connectivity index (χ0n) is 26.9. The number of carbonyl (C=O) groups is 4. The average molecular weight is 756 g/mol. The number of alkyl halides is 2. The number of imide groups is 2. The van der Waals surface area contributed by atoms with Gasteiger partial charge in [0, 0.05) is 16.9 Å². The second-order valence-electron chi connectivity index (χ2n) is 13.4. The Balaban J connectivity index is 1.34. The van der Waals surface area contributed by atoms with Gasteiger partial charge in [0.2, 0.25) is 17.6 Å². The van der Waals surface area contributed by atoms with Crippen molar-refractivity contribution in [3.63, 3.8) is 0 Å². The fourth-order valence-corrected chi connectivity index (χ4v) is 9.48. The third-order valence-electron chi connectivity index (χ3n) is 11.1. The van der Waals surface area contributed by atoms with Crippen LogP contribution in [0.15, 0.2) is 72.3 Å². The second-order valence-corrected chi connectivity index (χ2v) is 14.7. The van der Waals surface area contributed by atoms with Crippen LogP contribution < -0.4 is 9.80 Å². The molecule has 4 amide bonds. The summed E-state index contributed by atoms with van der Waals surface area (Å²) in [5.41, 5.74) is -0.425. The molecule has 2 aliphatic carbocycles. The highest BCUT2D eigenvalue weighted by atomic mass is 35.5. The van der Waals surface area contributed by atoms with Gasteiger partial charge in [0.25, 0.3) is 11.8 Å². The van der Waals surface area contributed by atoms with Gasteiger partial charge in [0.1, 0.15) is 11.4 Å². The van der Waals surface area contributed by atoms with Crippen molar-refractivity contribution >= 4 is 69.0 Å². The molecule has 266 valence electrons. The molecule has 0 bridgehead atoms. The predicted molar refractivity (Wildman–Crippen MR) is 180 cm³/mol. The fraction of sp³-hybridized carbons (Fsp3) is 0.263. The van der Waals surface area contributed by atoms with Crippen LogP contribution in [0.25, 0.3) is 10.8 Å². The number of hydrogen-bond acceptors (Lipinski definition) is 5. The van der Waals surface area contributed by atoms with Crippen molar-refractivity contribution in [1.29, 1.82) is 0 Å². The molecule has 0 radical (unpaired) electrons. The van der Waals surface area contributed by atoms with E-state index in [1.807, 2.05) is 6.92 Å². The molecule has 1 N–H and O–H groups in total. The maximum atomic E-state index is 15.3. The lowest BCUT2D eigenvalue weighted by molar-refractivity contribution is -0.125. The standard InChI is InChI=1S/C38H25Cl2F5N2O5/c1-2-16-7-10-18(11-8-16)46-33(49)21-14-13-20-23(24(21)34(46)50)15-37(39)35(51)47(31-29(44)27(42)26(41)28(43)30(31)45)36(52)38(37,40)25(20)22-12-9-17-5-3-4-6-19(17)32(22)48/h3-13,21,23-25,48H,2,14-15H2,1H3/t21-,23+,24-,25+,37+,38-/m0/s1. The number of amides is 4. The van der Waals surface area contributed by atoms with E-state index >= 15 is 8.78 Å². The summed E-state index contributed by atoms with van der Waals surface area (Å²) in [7, 11) is 0. The lowest BCUT2D eigenvalue weighted by atomic mass is 9.56. The SMILES string of the molecule is CCc1ccc(N2C(=O)[C@H]3[C@H](CC=C4[C@H]3C[C@@]3(Cl)C(=O)N(c5c(F)c(F)c(F)c(F)c5F)C(=O)[C@@]3(Cl)[C@H]4c3ccc4ccccc4c3O)C2=O)cc1. The molecule has 2 saturated heterocycles. The summed E-state index contributed by atoms with van der Waals surface area (Å²) < 4.78 is 73.7. The van der Waals surface area contributed by atoms with Crippen LogP contribution in [-0.2, 0) is 25.6 Å². The molecule has 4 aromatic rings. The molecule has 6 atom stereocenters. The highest BCUT2D eigenvalue weighted by Crippen LogP contribution is 2.67. The number of phenols is 1. The molecule has 7 nitrogen and oxygen atoms in total.